The first-order chi connectivity index (χ1) is 8.31. The molecule has 2 atom stereocenters. The number of nitrogens with zero attached hydrogens (tertiary/aromatic N) is 1. The fourth-order valence-electron chi connectivity index (χ4n) is 2.58. The van der Waals surface area contributed by atoms with E-state index in [1.54, 1.807) is 4.90 Å². The van der Waals surface area contributed by atoms with Gasteiger partial charge in [0.05, 0.1) is 19.1 Å². The summed E-state index contributed by atoms with van der Waals surface area (Å²) >= 11 is 0. The molecule has 0 saturated carbocycles. The molecule has 1 amide bonds. The first-order valence-electron chi connectivity index (χ1n) is 6.52. The highest BCUT2D eigenvalue weighted by Gasteiger charge is 2.29. The van der Waals surface area contributed by atoms with Crippen molar-refractivity contribution in [3.05, 3.63) is 0 Å². The molecule has 2 heterocycles. The van der Waals surface area contributed by atoms with Crippen LogP contribution in [0.25, 0.3) is 0 Å². The number of aliphatic hydroxyl groups is 1. The zero-order valence-electron chi connectivity index (χ0n) is 10.2. The van der Waals surface area contributed by atoms with Crippen LogP contribution in [0.2, 0.25) is 0 Å². The molecule has 0 bridgehead atoms. The molecule has 2 saturated heterocycles. The number of hydrogen-bond acceptors (Lipinski definition) is 4. The third kappa shape index (κ3) is 3.40. The van der Waals surface area contributed by atoms with Crippen LogP contribution in [0.4, 0.5) is 0 Å². The van der Waals surface area contributed by atoms with E-state index in [1.165, 1.54) is 6.42 Å². The van der Waals surface area contributed by atoms with Crippen LogP contribution in [0.1, 0.15) is 19.3 Å². The summed E-state index contributed by atoms with van der Waals surface area (Å²) in [4.78, 5) is 14.0. The van der Waals surface area contributed by atoms with Gasteiger partial charge in [0, 0.05) is 25.7 Å². The van der Waals surface area contributed by atoms with E-state index in [0.717, 1.165) is 25.9 Å². The minimum absolute atomic E-state index is 0.00273. The second-order valence-corrected chi connectivity index (χ2v) is 4.86. The zero-order chi connectivity index (χ0) is 12.1. The van der Waals surface area contributed by atoms with Crippen molar-refractivity contribution in [2.24, 2.45) is 5.92 Å². The molecule has 0 aliphatic carbocycles. The topological polar surface area (TPSA) is 61.8 Å². The van der Waals surface area contributed by atoms with E-state index >= 15 is 0 Å². The molecule has 2 aliphatic heterocycles. The number of rotatable bonds is 5. The van der Waals surface area contributed by atoms with E-state index in [2.05, 4.69) is 5.32 Å². The van der Waals surface area contributed by atoms with E-state index < -0.39 is 0 Å². The Balaban J connectivity index is 1.87. The summed E-state index contributed by atoms with van der Waals surface area (Å²) in [7, 11) is 0. The molecule has 5 nitrogen and oxygen atoms in total. The van der Waals surface area contributed by atoms with E-state index in [1.807, 2.05) is 0 Å². The molecule has 2 aliphatic rings. The Morgan fingerprint density at radius 2 is 2.35 bits per heavy atom. The Morgan fingerprint density at radius 1 is 1.47 bits per heavy atom. The fraction of sp³-hybridized carbons (Fsp3) is 0.917. The number of carbonyl (C=O) groups excluding carboxylic acids is 1. The second-order valence-electron chi connectivity index (χ2n) is 4.86. The Kier molecular flexibility index (Phi) is 4.76. The maximum Gasteiger partial charge on any atom is 0.228 e. The Morgan fingerprint density at radius 3 is 2.94 bits per heavy atom. The molecule has 2 unspecified atom stereocenters. The summed E-state index contributed by atoms with van der Waals surface area (Å²) in [5, 5.41) is 12.4. The molecule has 17 heavy (non-hydrogen) atoms. The molecule has 2 N–H and O–H groups in total. The van der Waals surface area contributed by atoms with Gasteiger partial charge in [-0.2, -0.15) is 0 Å². The minimum Gasteiger partial charge on any atom is -0.395 e. The van der Waals surface area contributed by atoms with Gasteiger partial charge in [-0.1, -0.05) is 0 Å². The maximum atomic E-state index is 12.2. The highest BCUT2D eigenvalue weighted by atomic mass is 16.5. The highest BCUT2D eigenvalue weighted by molar-refractivity contribution is 5.79. The summed E-state index contributed by atoms with van der Waals surface area (Å²) in [6, 6.07) is 0.396. The predicted molar refractivity (Wildman–Crippen MR) is 63.6 cm³/mol. The normalized spacial score (nSPS) is 28.5. The average molecular weight is 242 g/mol. The lowest BCUT2D eigenvalue weighted by molar-refractivity contribution is -0.136. The second kappa shape index (κ2) is 6.33. The zero-order valence-corrected chi connectivity index (χ0v) is 10.2. The summed E-state index contributed by atoms with van der Waals surface area (Å²) in [5.41, 5.74) is 0. The molecule has 0 aromatic carbocycles. The van der Waals surface area contributed by atoms with Crippen molar-refractivity contribution >= 4 is 5.91 Å². The van der Waals surface area contributed by atoms with E-state index in [4.69, 9.17) is 9.84 Å². The van der Waals surface area contributed by atoms with Gasteiger partial charge in [-0.15, -0.1) is 0 Å². The first kappa shape index (κ1) is 12.8. The summed E-state index contributed by atoms with van der Waals surface area (Å²) < 4.78 is 5.25. The van der Waals surface area contributed by atoms with Crippen LogP contribution < -0.4 is 5.32 Å². The number of ether oxygens (including phenoxy) is 1. The molecule has 0 spiro atoms. The van der Waals surface area contributed by atoms with Crippen molar-refractivity contribution in [3.63, 3.8) is 0 Å². The summed E-state index contributed by atoms with van der Waals surface area (Å²) in [5.74, 6) is 0.146. The molecule has 5 heteroatoms. The van der Waals surface area contributed by atoms with Gasteiger partial charge in [0.15, 0.2) is 0 Å². The number of aliphatic hydroxyl groups excluding tert-OH is 1. The smallest absolute Gasteiger partial charge is 0.228 e. The first-order valence-corrected chi connectivity index (χ1v) is 6.52. The standard InChI is InChI=1S/C12H22N2O3/c15-6-5-14(8-11-2-1-4-13-11)12(16)10-3-7-17-9-10/h10-11,13,15H,1-9H2. The van der Waals surface area contributed by atoms with Crippen molar-refractivity contribution < 1.29 is 14.6 Å². The Bertz CT molecular complexity index is 248. The van der Waals surface area contributed by atoms with Gasteiger partial charge in [-0.25, -0.2) is 0 Å². The molecule has 0 aromatic rings. The predicted octanol–water partition coefficient (Wildman–Crippen LogP) is -0.404. The van der Waals surface area contributed by atoms with Crippen molar-refractivity contribution in [1.29, 1.82) is 0 Å². The fourth-order valence-corrected chi connectivity index (χ4v) is 2.58. The molecule has 2 fully saturated rings. The van der Waals surface area contributed by atoms with Gasteiger partial charge in [0.2, 0.25) is 5.91 Å². The highest BCUT2D eigenvalue weighted by Crippen LogP contribution is 2.17. The molecular weight excluding hydrogens is 220 g/mol. The summed E-state index contributed by atoms with van der Waals surface area (Å²) in [6.07, 6.45) is 3.12. The average Bonchev–Trinajstić information content (AvgIpc) is 3.00. The van der Waals surface area contributed by atoms with Gasteiger partial charge in [0.1, 0.15) is 0 Å². The van der Waals surface area contributed by atoms with E-state index in [9.17, 15) is 4.79 Å². The molecule has 98 valence electrons. The molecule has 0 aromatic heterocycles. The number of nitrogens with one attached hydrogen (secondary N) is 1. The summed E-state index contributed by atoms with van der Waals surface area (Å²) in [6.45, 7) is 3.46. The molecule has 2 rings (SSSR count). The Labute approximate surface area is 102 Å². The Hall–Kier alpha value is -0.650. The number of hydrogen-bond donors (Lipinski definition) is 2. The SMILES string of the molecule is O=C(C1CCOC1)N(CCO)CC1CCCN1. The largest absolute Gasteiger partial charge is 0.395 e. The van der Waals surface area contributed by atoms with Crippen molar-refractivity contribution in [2.45, 2.75) is 25.3 Å². The molecular formula is C12H22N2O3. The van der Waals surface area contributed by atoms with Crippen LogP contribution in [0.15, 0.2) is 0 Å². The van der Waals surface area contributed by atoms with Crippen molar-refractivity contribution in [1.82, 2.24) is 10.2 Å². The van der Waals surface area contributed by atoms with Crippen molar-refractivity contribution in [3.8, 4) is 0 Å². The van der Waals surface area contributed by atoms with Gasteiger partial charge >= 0.3 is 0 Å². The van der Waals surface area contributed by atoms with Crippen LogP contribution in [-0.2, 0) is 9.53 Å². The van der Waals surface area contributed by atoms with Crippen LogP contribution in [0.3, 0.4) is 0 Å². The minimum atomic E-state index is 0.00273. The lowest BCUT2D eigenvalue weighted by Gasteiger charge is -2.27. The van der Waals surface area contributed by atoms with Gasteiger partial charge < -0.3 is 20.1 Å². The lowest BCUT2D eigenvalue weighted by Crippen LogP contribution is -2.45. The number of carbonyl (C=O) groups is 1. The van der Waals surface area contributed by atoms with E-state index in [0.29, 0.717) is 25.8 Å². The van der Waals surface area contributed by atoms with Crippen molar-refractivity contribution in [2.75, 3.05) is 39.5 Å². The van der Waals surface area contributed by atoms with E-state index in [-0.39, 0.29) is 18.4 Å². The van der Waals surface area contributed by atoms with Crippen LogP contribution >= 0.6 is 0 Å². The van der Waals surface area contributed by atoms with Crippen LogP contribution in [0.5, 0.6) is 0 Å². The molecule has 0 radical (unpaired) electrons. The quantitative estimate of drug-likeness (QED) is 0.688. The third-order valence-electron chi connectivity index (χ3n) is 3.56. The number of amides is 1. The van der Waals surface area contributed by atoms with Gasteiger partial charge in [-0.3, -0.25) is 4.79 Å². The third-order valence-corrected chi connectivity index (χ3v) is 3.56. The monoisotopic (exact) mass is 242 g/mol. The van der Waals surface area contributed by atoms with Crippen LogP contribution in [-0.4, -0.2) is 61.4 Å². The lowest BCUT2D eigenvalue weighted by atomic mass is 10.1. The van der Waals surface area contributed by atoms with Gasteiger partial charge in [0.25, 0.3) is 0 Å². The maximum absolute atomic E-state index is 12.2. The van der Waals surface area contributed by atoms with Gasteiger partial charge in [-0.05, 0) is 25.8 Å². The van der Waals surface area contributed by atoms with Crippen LogP contribution in [0, 0.1) is 5.92 Å².